The van der Waals surface area contributed by atoms with Crippen molar-refractivity contribution in [2.24, 2.45) is 0 Å². The van der Waals surface area contributed by atoms with Gasteiger partial charge in [0.2, 0.25) is 0 Å². The first-order valence-corrected chi connectivity index (χ1v) is 6.33. The van der Waals surface area contributed by atoms with Crippen molar-refractivity contribution in [1.29, 1.82) is 0 Å². The first kappa shape index (κ1) is 13.7. The van der Waals surface area contributed by atoms with Crippen molar-refractivity contribution in [2.75, 3.05) is 18.6 Å². The minimum absolute atomic E-state index is 0.625. The molecule has 4 N–H and O–H groups in total. The SMILES string of the molecule is CCCCCCc1c(C)cc(N)c(OC)c1N. The average Bonchev–Trinajstić information content (AvgIpc) is 2.28. The van der Waals surface area contributed by atoms with Crippen molar-refractivity contribution < 1.29 is 4.74 Å². The molecule has 0 atom stereocenters. The quantitative estimate of drug-likeness (QED) is 0.588. The van der Waals surface area contributed by atoms with E-state index in [-0.39, 0.29) is 0 Å². The number of nitrogen functional groups attached to an aromatic ring is 2. The third-order valence-electron chi connectivity index (χ3n) is 3.16. The van der Waals surface area contributed by atoms with Crippen LogP contribution in [-0.4, -0.2) is 7.11 Å². The lowest BCUT2D eigenvalue weighted by Crippen LogP contribution is -2.04. The number of nitrogens with two attached hydrogens (primary N) is 2. The molecule has 3 heteroatoms. The van der Waals surface area contributed by atoms with Gasteiger partial charge in [-0.1, -0.05) is 26.2 Å². The first-order chi connectivity index (χ1) is 8.11. The number of aryl methyl sites for hydroxylation is 1. The fourth-order valence-corrected chi connectivity index (χ4v) is 2.18. The molecule has 0 aliphatic carbocycles. The number of benzene rings is 1. The van der Waals surface area contributed by atoms with Crippen LogP contribution in [0.1, 0.15) is 43.7 Å². The highest BCUT2D eigenvalue weighted by atomic mass is 16.5. The average molecular weight is 236 g/mol. The Morgan fingerprint density at radius 1 is 1.18 bits per heavy atom. The summed E-state index contributed by atoms with van der Waals surface area (Å²) in [6.07, 6.45) is 5.97. The van der Waals surface area contributed by atoms with Crippen LogP contribution < -0.4 is 16.2 Å². The van der Waals surface area contributed by atoms with Gasteiger partial charge < -0.3 is 16.2 Å². The van der Waals surface area contributed by atoms with Gasteiger partial charge in [0.1, 0.15) is 0 Å². The van der Waals surface area contributed by atoms with E-state index in [1.807, 2.05) is 6.07 Å². The van der Waals surface area contributed by atoms with Gasteiger partial charge in [0, 0.05) is 0 Å². The summed E-state index contributed by atoms with van der Waals surface area (Å²) in [5.41, 5.74) is 15.7. The van der Waals surface area contributed by atoms with Crippen LogP contribution in [0.5, 0.6) is 5.75 Å². The second kappa shape index (κ2) is 6.38. The van der Waals surface area contributed by atoms with Crippen LogP contribution in [0, 0.1) is 6.92 Å². The Bertz CT molecular complexity index is 375. The molecule has 0 saturated heterocycles. The Balaban J connectivity index is 2.83. The third kappa shape index (κ3) is 3.29. The molecule has 17 heavy (non-hydrogen) atoms. The molecule has 96 valence electrons. The molecule has 1 aromatic carbocycles. The van der Waals surface area contributed by atoms with E-state index in [4.69, 9.17) is 16.2 Å². The molecule has 0 spiro atoms. The van der Waals surface area contributed by atoms with Gasteiger partial charge in [0.05, 0.1) is 18.5 Å². The number of rotatable bonds is 6. The van der Waals surface area contributed by atoms with E-state index in [2.05, 4.69) is 13.8 Å². The predicted molar refractivity (Wildman–Crippen MR) is 74.4 cm³/mol. The van der Waals surface area contributed by atoms with Crippen molar-refractivity contribution in [1.82, 2.24) is 0 Å². The summed E-state index contributed by atoms with van der Waals surface area (Å²) in [4.78, 5) is 0. The molecule has 0 radical (unpaired) electrons. The van der Waals surface area contributed by atoms with Crippen molar-refractivity contribution in [2.45, 2.75) is 46.0 Å². The van der Waals surface area contributed by atoms with Crippen molar-refractivity contribution in [3.63, 3.8) is 0 Å². The van der Waals surface area contributed by atoms with E-state index in [0.29, 0.717) is 17.1 Å². The summed E-state index contributed by atoms with van der Waals surface area (Å²) in [6.45, 7) is 4.27. The van der Waals surface area contributed by atoms with E-state index in [9.17, 15) is 0 Å². The van der Waals surface area contributed by atoms with Crippen LogP contribution >= 0.6 is 0 Å². The van der Waals surface area contributed by atoms with Crippen molar-refractivity contribution >= 4 is 11.4 Å². The standard InChI is InChI=1S/C14H24N2O/c1-4-5-6-7-8-11-10(2)9-12(15)14(17-3)13(11)16/h9H,4-8,15-16H2,1-3H3. The smallest absolute Gasteiger partial charge is 0.164 e. The normalized spacial score (nSPS) is 10.5. The monoisotopic (exact) mass is 236 g/mol. The van der Waals surface area contributed by atoms with Gasteiger partial charge in [-0.15, -0.1) is 0 Å². The van der Waals surface area contributed by atoms with E-state index < -0.39 is 0 Å². The summed E-state index contributed by atoms with van der Waals surface area (Å²) in [5.74, 6) is 0.626. The zero-order valence-electron chi connectivity index (χ0n) is 11.2. The van der Waals surface area contributed by atoms with Crippen LogP contribution in [0.15, 0.2) is 6.07 Å². The molecule has 0 heterocycles. The van der Waals surface area contributed by atoms with Crippen LogP contribution in [0.2, 0.25) is 0 Å². The van der Waals surface area contributed by atoms with Gasteiger partial charge in [-0.3, -0.25) is 0 Å². The third-order valence-corrected chi connectivity index (χ3v) is 3.16. The number of anilines is 2. The fraction of sp³-hybridized carbons (Fsp3) is 0.571. The van der Waals surface area contributed by atoms with Gasteiger partial charge in [0.15, 0.2) is 5.75 Å². The minimum Gasteiger partial charge on any atom is -0.492 e. The zero-order chi connectivity index (χ0) is 12.8. The number of unbranched alkanes of at least 4 members (excludes halogenated alkanes) is 3. The zero-order valence-corrected chi connectivity index (χ0v) is 11.2. The molecule has 0 saturated carbocycles. The Morgan fingerprint density at radius 2 is 1.88 bits per heavy atom. The largest absolute Gasteiger partial charge is 0.492 e. The topological polar surface area (TPSA) is 61.3 Å². The molecule has 0 bridgehead atoms. The van der Waals surface area contributed by atoms with Gasteiger partial charge in [-0.2, -0.15) is 0 Å². The predicted octanol–water partition coefficient (Wildman–Crippen LogP) is 3.29. The van der Waals surface area contributed by atoms with Gasteiger partial charge in [0.25, 0.3) is 0 Å². The Morgan fingerprint density at radius 3 is 2.47 bits per heavy atom. The molecule has 0 aliphatic rings. The summed E-state index contributed by atoms with van der Waals surface area (Å²) in [7, 11) is 1.61. The Hall–Kier alpha value is -1.38. The highest BCUT2D eigenvalue weighted by Crippen LogP contribution is 2.35. The number of hydrogen-bond acceptors (Lipinski definition) is 3. The second-order valence-electron chi connectivity index (χ2n) is 4.52. The molecule has 0 aromatic heterocycles. The fourth-order valence-electron chi connectivity index (χ4n) is 2.18. The maximum Gasteiger partial charge on any atom is 0.164 e. The lowest BCUT2D eigenvalue weighted by Gasteiger charge is -2.15. The highest BCUT2D eigenvalue weighted by Gasteiger charge is 2.12. The van der Waals surface area contributed by atoms with Crippen LogP contribution in [0.4, 0.5) is 11.4 Å². The molecule has 0 fully saturated rings. The Kier molecular flexibility index (Phi) is 5.13. The van der Waals surface area contributed by atoms with E-state index >= 15 is 0 Å². The molecule has 0 aliphatic heterocycles. The number of ether oxygens (including phenoxy) is 1. The number of methoxy groups -OCH3 is 1. The molecule has 1 rings (SSSR count). The van der Waals surface area contributed by atoms with E-state index in [0.717, 1.165) is 12.0 Å². The molecule has 3 nitrogen and oxygen atoms in total. The van der Waals surface area contributed by atoms with Gasteiger partial charge in [-0.05, 0) is 37.0 Å². The van der Waals surface area contributed by atoms with Crippen molar-refractivity contribution in [3.05, 3.63) is 17.2 Å². The summed E-state index contributed by atoms with van der Waals surface area (Å²) in [5, 5.41) is 0. The Labute approximate surface area is 104 Å². The van der Waals surface area contributed by atoms with Crippen LogP contribution in [0.3, 0.4) is 0 Å². The molecular formula is C14H24N2O. The summed E-state index contributed by atoms with van der Waals surface area (Å²) < 4.78 is 5.25. The van der Waals surface area contributed by atoms with Crippen LogP contribution in [0.25, 0.3) is 0 Å². The first-order valence-electron chi connectivity index (χ1n) is 6.33. The number of hydrogen-bond donors (Lipinski definition) is 2. The highest BCUT2D eigenvalue weighted by molar-refractivity contribution is 5.72. The lowest BCUT2D eigenvalue weighted by molar-refractivity contribution is 0.418. The molecule has 0 unspecified atom stereocenters. The molecule has 1 aromatic rings. The van der Waals surface area contributed by atoms with Crippen LogP contribution in [-0.2, 0) is 6.42 Å². The van der Waals surface area contributed by atoms with E-state index in [1.54, 1.807) is 7.11 Å². The van der Waals surface area contributed by atoms with E-state index in [1.165, 1.54) is 31.2 Å². The van der Waals surface area contributed by atoms with Crippen molar-refractivity contribution in [3.8, 4) is 5.75 Å². The summed E-state index contributed by atoms with van der Waals surface area (Å²) >= 11 is 0. The molecule has 0 amide bonds. The lowest BCUT2D eigenvalue weighted by atomic mass is 9.98. The van der Waals surface area contributed by atoms with Gasteiger partial charge >= 0.3 is 0 Å². The maximum atomic E-state index is 6.11. The molecular weight excluding hydrogens is 212 g/mol. The maximum absolute atomic E-state index is 6.11. The summed E-state index contributed by atoms with van der Waals surface area (Å²) in [6, 6.07) is 1.95. The second-order valence-corrected chi connectivity index (χ2v) is 4.52. The minimum atomic E-state index is 0.625. The van der Waals surface area contributed by atoms with Gasteiger partial charge in [-0.25, -0.2) is 0 Å².